The van der Waals surface area contributed by atoms with Crippen molar-refractivity contribution in [3.8, 4) is 0 Å². The van der Waals surface area contributed by atoms with Crippen LogP contribution in [0.25, 0.3) is 0 Å². The summed E-state index contributed by atoms with van der Waals surface area (Å²) >= 11 is 0. The van der Waals surface area contributed by atoms with Crippen LogP contribution in [0, 0.1) is 0 Å². The maximum absolute atomic E-state index is 11.3. The number of nitrogens with one attached hydrogen (secondary N) is 1. The molecule has 76 valence electrons. The first kappa shape index (κ1) is 10.4. The molecule has 5 heteroatoms. The Labute approximate surface area is 77.6 Å². The molecule has 0 aromatic rings. The van der Waals surface area contributed by atoms with Crippen molar-refractivity contribution in [3.63, 3.8) is 0 Å². The van der Waals surface area contributed by atoms with E-state index in [2.05, 4.69) is 0 Å². The van der Waals surface area contributed by atoms with Crippen LogP contribution in [0.4, 0.5) is 0 Å². The molecule has 1 aliphatic rings. The van der Waals surface area contributed by atoms with E-state index in [9.17, 15) is 4.79 Å². The lowest BCUT2D eigenvalue weighted by Gasteiger charge is -2.38. The van der Waals surface area contributed by atoms with E-state index in [1.165, 1.54) is 0 Å². The lowest BCUT2D eigenvalue weighted by atomic mass is 10.0. The van der Waals surface area contributed by atoms with Crippen LogP contribution >= 0.6 is 0 Å². The highest BCUT2D eigenvalue weighted by atomic mass is 16.5. The molecule has 1 aliphatic heterocycles. The second-order valence-corrected chi connectivity index (χ2v) is 3.60. The second-order valence-electron chi connectivity index (χ2n) is 3.60. The van der Waals surface area contributed by atoms with E-state index >= 15 is 0 Å². The third-order valence-electron chi connectivity index (χ3n) is 2.46. The fourth-order valence-corrected chi connectivity index (χ4v) is 1.40. The van der Waals surface area contributed by atoms with Gasteiger partial charge in [-0.05, 0) is 13.8 Å². The molecule has 1 fully saturated rings. The summed E-state index contributed by atoms with van der Waals surface area (Å²) in [5.41, 5.74) is 1.01. The Hall–Kier alpha value is -0.650. The van der Waals surface area contributed by atoms with Crippen molar-refractivity contribution in [3.05, 3.63) is 0 Å². The minimum atomic E-state index is -0.668. The summed E-state index contributed by atoms with van der Waals surface area (Å²) in [5.74, 6) is -0.380. The Kier molecular flexibility index (Phi) is 3.24. The zero-order valence-electron chi connectivity index (χ0n) is 8.04. The van der Waals surface area contributed by atoms with E-state index in [1.807, 2.05) is 4.90 Å². The van der Waals surface area contributed by atoms with Gasteiger partial charge in [-0.2, -0.15) is 0 Å². The molecule has 0 bridgehead atoms. The lowest BCUT2D eigenvalue weighted by molar-refractivity contribution is -0.143. The summed E-state index contributed by atoms with van der Waals surface area (Å²) in [6.07, 6.45) is 0. The number of hydrogen-bond acceptors (Lipinski definition) is 4. The third kappa shape index (κ3) is 2.18. The summed E-state index contributed by atoms with van der Waals surface area (Å²) in [6.45, 7) is 6.29. The van der Waals surface area contributed by atoms with Crippen LogP contribution in [-0.2, 0) is 9.53 Å². The molecule has 2 N–H and O–H groups in total. The fraction of sp³-hybridized carbons (Fsp3) is 0.875. The molecule has 5 nitrogen and oxygen atoms in total. The zero-order chi connectivity index (χ0) is 9.90. The van der Waals surface area contributed by atoms with Crippen LogP contribution in [-0.4, -0.2) is 47.9 Å². The number of hydroxylamine groups is 1. The quantitative estimate of drug-likeness (QED) is 0.457. The van der Waals surface area contributed by atoms with Gasteiger partial charge in [-0.3, -0.25) is 14.9 Å². The van der Waals surface area contributed by atoms with Gasteiger partial charge in [0.25, 0.3) is 5.91 Å². The van der Waals surface area contributed by atoms with Gasteiger partial charge in [0, 0.05) is 13.1 Å². The molecule has 0 saturated carbocycles. The molecule has 1 amide bonds. The van der Waals surface area contributed by atoms with Gasteiger partial charge in [0.05, 0.1) is 18.8 Å². The highest BCUT2D eigenvalue weighted by Crippen LogP contribution is 2.15. The Morgan fingerprint density at radius 1 is 1.46 bits per heavy atom. The molecule has 0 atom stereocenters. The molecule has 13 heavy (non-hydrogen) atoms. The first-order valence-electron chi connectivity index (χ1n) is 4.36. The molecule has 0 aromatic carbocycles. The molecule has 0 aliphatic carbocycles. The van der Waals surface area contributed by atoms with Gasteiger partial charge in [-0.1, -0.05) is 0 Å². The molecule has 1 saturated heterocycles. The van der Waals surface area contributed by atoms with E-state index in [-0.39, 0.29) is 5.91 Å². The second kappa shape index (κ2) is 4.04. The monoisotopic (exact) mass is 188 g/mol. The van der Waals surface area contributed by atoms with Gasteiger partial charge in [0.1, 0.15) is 0 Å². The van der Waals surface area contributed by atoms with E-state index < -0.39 is 5.54 Å². The van der Waals surface area contributed by atoms with Crippen LogP contribution in [0.5, 0.6) is 0 Å². The minimum Gasteiger partial charge on any atom is -0.379 e. The third-order valence-corrected chi connectivity index (χ3v) is 2.46. The summed E-state index contributed by atoms with van der Waals surface area (Å²) in [4.78, 5) is 13.3. The topological polar surface area (TPSA) is 61.8 Å². The number of amides is 1. The predicted molar refractivity (Wildman–Crippen MR) is 46.4 cm³/mol. The average Bonchev–Trinajstić information content (AvgIpc) is 2.18. The van der Waals surface area contributed by atoms with Gasteiger partial charge in [0.15, 0.2) is 0 Å². The van der Waals surface area contributed by atoms with Crippen molar-refractivity contribution in [1.82, 2.24) is 10.4 Å². The maximum Gasteiger partial charge on any atom is 0.263 e. The van der Waals surface area contributed by atoms with Crippen LogP contribution < -0.4 is 5.48 Å². The number of carbonyl (C=O) groups excluding carboxylic acids is 1. The molecule has 0 radical (unpaired) electrons. The Balaban J connectivity index is 2.60. The Morgan fingerprint density at radius 3 is 2.46 bits per heavy atom. The summed E-state index contributed by atoms with van der Waals surface area (Å²) in [5, 5.41) is 8.54. The van der Waals surface area contributed by atoms with Crippen molar-refractivity contribution < 1.29 is 14.7 Å². The van der Waals surface area contributed by atoms with Gasteiger partial charge in [-0.15, -0.1) is 0 Å². The summed E-state index contributed by atoms with van der Waals surface area (Å²) < 4.78 is 5.17. The number of morpholine rings is 1. The first-order chi connectivity index (χ1) is 6.09. The van der Waals surface area contributed by atoms with Gasteiger partial charge in [-0.25, -0.2) is 5.48 Å². The maximum atomic E-state index is 11.3. The van der Waals surface area contributed by atoms with Crippen molar-refractivity contribution in [2.75, 3.05) is 26.3 Å². The highest BCUT2D eigenvalue weighted by Gasteiger charge is 2.35. The molecule has 1 rings (SSSR count). The molecule has 0 unspecified atom stereocenters. The smallest absolute Gasteiger partial charge is 0.263 e. The van der Waals surface area contributed by atoms with Crippen molar-refractivity contribution in [2.24, 2.45) is 0 Å². The van der Waals surface area contributed by atoms with E-state index in [4.69, 9.17) is 9.94 Å². The van der Waals surface area contributed by atoms with E-state index in [0.29, 0.717) is 13.2 Å². The lowest BCUT2D eigenvalue weighted by Crippen LogP contribution is -2.57. The average molecular weight is 188 g/mol. The Bertz CT molecular complexity index is 188. The zero-order valence-corrected chi connectivity index (χ0v) is 8.04. The number of rotatable bonds is 2. The molecule has 0 spiro atoms. The van der Waals surface area contributed by atoms with Crippen molar-refractivity contribution in [1.29, 1.82) is 0 Å². The van der Waals surface area contributed by atoms with Crippen molar-refractivity contribution >= 4 is 5.91 Å². The highest BCUT2D eigenvalue weighted by molar-refractivity contribution is 5.84. The van der Waals surface area contributed by atoms with Gasteiger partial charge in [0.2, 0.25) is 0 Å². The number of nitrogens with zero attached hydrogens (tertiary/aromatic N) is 1. The summed E-state index contributed by atoms with van der Waals surface area (Å²) in [6, 6.07) is 0. The van der Waals surface area contributed by atoms with Gasteiger partial charge < -0.3 is 4.74 Å². The number of ether oxygens (including phenoxy) is 1. The predicted octanol–water partition coefficient (Wildman–Crippen LogP) is -0.397. The number of carbonyl (C=O) groups is 1. The van der Waals surface area contributed by atoms with Crippen molar-refractivity contribution in [2.45, 2.75) is 19.4 Å². The first-order valence-corrected chi connectivity index (χ1v) is 4.36. The number of hydrogen-bond donors (Lipinski definition) is 2. The van der Waals surface area contributed by atoms with E-state index in [0.717, 1.165) is 13.1 Å². The molecule has 1 heterocycles. The normalized spacial score (nSPS) is 19.9. The minimum absolute atomic E-state index is 0.380. The van der Waals surface area contributed by atoms with Gasteiger partial charge >= 0.3 is 0 Å². The van der Waals surface area contributed by atoms with Crippen LogP contribution in [0.2, 0.25) is 0 Å². The van der Waals surface area contributed by atoms with E-state index in [1.54, 1.807) is 19.3 Å². The SMILES string of the molecule is CC(C)(C(=O)NO)N1CCOCC1. The molecular weight excluding hydrogens is 172 g/mol. The van der Waals surface area contributed by atoms with Crippen LogP contribution in [0.1, 0.15) is 13.8 Å². The summed E-state index contributed by atoms with van der Waals surface area (Å²) in [7, 11) is 0. The van der Waals surface area contributed by atoms with Crippen LogP contribution in [0.15, 0.2) is 0 Å². The molecular formula is C8H16N2O3. The van der Waals surface area contributed by atoms with Crippen LogP contribution in [0.3, 0.4) is 0 Å². The molecule has 0 aromatic heterocycles. The largest absolute Gasteiger partial charge is 0.379 e. The fourth-order valence-electron chi connectivity index (χ4n) is 1.40. The Morgan fingerprint density at radius 2 is 2.00 bits per heavy atom. The standard InChI is InChI=1S/C8H16N2O3/c1-8(2,7(11)9-12)10-3-5-13-6-4-10/h12H,3-6H2,1-2H3,(H,9,11).